The van der Waals surface area contributed by atoms with Crippen LogP contribution in [0.15, 0.2) is 16.8 Å². The average Bonchev–Trinajstić information content (AvgIpc) is 2.70. The first kappa shape index (κ1) is 14.0. The molecule has 2 aromatic rings. The highest BCUT2D eigenvalue weighted by molar-refractivity contribution is 5.46. The average molecular weight is 276 g/mol. The van der Waals surface area contributed by atoms with Gasteiger partial charge in [-0.25, -0.2) is 4.98 Å². The maximum absolute atomic E-state index is 10.7. The summed E-state index contributed by atoms with van der Waals surface area (Å²) in [4.78, 5) is 14.3. The van der Waals surface area contributed by atoms with Gasteiger partial charge in [0.05, 0.1) is 10.6 Å². The van der Waals surface area contributed by atoms with Crippen molar-refractivity contribution < 1.29 is 9.45 Å². The fourth-order valence-corrected chi connectivity index (χ4v) is 2.01. The zero-order valence-electron chi connectivity index (χ0n) is 11.6. The monoisotopic (exact) mass is 276 g/mol. The minimum absolute atomic E-state index is 0.0290. The fourth-order valence-electron chi connectivity index (χ4n) is 2.01. The molecule has 0 saturated heterocycles. The molecule has 1 N–H and O–H groups in total. The minimum atomic E-state index is -0.435. The Morgan fingerprint density at radius 1 is 1.40 bits per heavy atom. The van der Waals surface area contributed by atoms with Crippen molar-refractivity contribution in [1.82, 2.24) is 10.1 Å². The van der Waals surface area contributed by atoms with Crippen LogP contribution in [-0.2, 0) is 6.42 Å². The van der Waals surface area contributed by atoms with Crippen LogP contribution >= 0.6 is 0 Å². The van der Waals surface area contributed by atoms with E-state index in [4.69, 9.17) is 4.52 Å². The first-order chi connectivity index (χ1) is 9.49. The predicted molar refractivity (Wildman–Crippen MR) is 73.8 cm³/mol. The number of rotatable bonds is 5. The molecule has 2 heterocycles. The highest BCUT2D eigenvalue weighted by Gasteiger charge is 2.12. The van der Waals surface area contributed by atoms with E-state index < -0.39 is 4.92 Å². The molecular formula is C13H16N4O3. The molecule has 0 fully saturated rings. The third-order valence-corrected chi connectivity index (χ3v) is 3.14. The lowest BCUT2D eigenvalue weighted by Gasteiger charge is -2.06. The molecule has 0 radical (unpaired) electrons. The molecule has 0 saturated carbocycles. The van der Waals surface area contributed by atoms with Crippen LogP contribution in [0.1, 0.15) is 22.6 Å². The number of aryl methyl sites for hydroxylation is 3. The van der Waals surface area contributed by atoms with Gasteiger partial charge in [0.2, 0.25) is 0 Å². The smallest absolute Gasteiger partial charge is 0.290 e. The highest BCUT2D eigenvalue weighted by Crippen LogP contribution is 2.19. The molecular weight excluding hydrogens is 260 g/mol. The van der Waals surface area contributed by atoms with Crippen LogP contribution in [-0.4, -0.2) is 21.6 Å². The van der Waals surface area contributed by atoms with Crippen molar-refractivity contribution in [3.8, 4) is 0 Å². The predicted octanol–water partition coefficient (Wildman–Crippen LogP) is 2.56. The number of pyridine rings is 1. The van der Waals surface area contributed by atoms with Gasteiger partial charge in [0, 0.05) is 17.7 Å². The van der Waals surface area contributed by atoms with Gasteiger partial charge in [-0.1, -0.05) is 5.16 Å². The molecule has 106 valence electrons. The van der Waals surface area contributed by atoms with E-state index in [2.05, 4.69) is 15.5 Å². The Morgan fingerprint density at radius 3 is 2.70 bits per heavy atom. The second-order valence-electron chi connectivity index (χ2n) is 4.59. The molecule has 2 rings (SSSR count). The van der Waals surface area contributed by atoms with Crippen LogP contribution in [0, 0.1) is 30.9 Å². The Kier molecular flexibility index (Phi) is 3.97. The number of nitrogens with one attached hydrogen (secondary N) is 1. The van der Waals surface area contributed by atoms with Crippen LogP contribution in [0.4, 0.5) is 11.5 Å². The van der Waals surface area contributed by atoms with Gasteiger partial charge in [-0.2, -0.15) is 0 Å². The fraction of sp³-hybridized carbons (Fsp3) is 0.385. The number of hydrogen-bond donors (Lipinski definition) is 1. The molecule has 0 bridgehead atoms. The standard InChI is InChI=1S/C13H16N4O3/c1-8-6-13(15-7-12(8)17(18)19)14-5-4-11-9(2)16-20-10(11)3/h6-7H,4-5H2,1-3H3,(H,14,15). The van der Waals surface area contributed by atoms with Gasteiger partial charge in [0.15, 0.2) is 0 Å². The largest absolute Gasteiger partial charge is 0.370 e. The van der Waals surface area contributed by atoms with E-state index in [0.29, 0.717) is 17.9 Å². The molecule has 0 amide bonds. The molecule has 0 atom stereocenters. The van der Waals surface area contributed by atoms with Crippen molar-refractivity contribution >= 4 is 11.5 Å². The van der Waals surface area contributed by atoms with Crippen LogP contribution in [0.25, 0.3) is 0 Å². The zero-order valence-corrected chi connectivity index (χ0v) is 11.6. The first-order valence-electron chi connectivity index (χ1n) is 6.25. The van der Waals surface area contributed by atoms with Gasteiger partial charge in [0.25, 0.3) is 5.69 Å². The number of hydrogen-bond acceptors (Lipinski definition) is 6. The summed E-state index contributed by atoms with van der Waals surface area (Å²) in [7, 11) is 0. The molecule has 0 unspecified atom stereocenters. The van der Waals surface area contributed by atoms with Crippen molar-refractivity contribution in [2.45, 2.75) is 27.2 Å². The molecule has 7 heteroatoms. The second kappa shape index (κ2) is 5.68. The van der Waals surface area contributed by atoms with Crippen LogP contribution in [0.3, 0.4) is 0 Å². The Labute approximate surface area is 116 Å². The Morgan fingerprint density at radius 2 is 2.15 bits per heavy atom. The lowest BCUT2D eigenvalue weighted by atomic mass is 10.1. The summed E-state index contributed by atoms with van der Waals surface area (Å²) >= 11 is 0. The summed E-state index contributed by atoms with van der Waals surface area (Å²) in [5.41, 5.74) is 2.58. The highest BCUT2D eigenvalue weighted by atomic mass is 16.6. The molecule has 20 heavy (non-hydrogen) atoms. The zero-order chi connectivity index (χ0) is 14.7. The molecule has 0 aliphatic carbocycles. The lowest BCUT2D eigenvalue weighted by Crippen LogP contribution is -2.08. The van der Waals surface area contributed by atoms with Gasteiger partial charge in [-0.3, -0.25) is 10.1 Å². The van der Waals surface area contributed by atoms with E-state index in [1.807, 2.05) is 13.8 Å². The number of nitrogens with zero attached hydrogens (tertiary/aromatic N) is 3. The summed E-state index contributed by atoms with van der Waals surface area (Å²) in [6.07, 6.45) is 2.03. The third-order valence-electron chi connectivity index (χ3n) is 3.14. The summed E-state index contributed by atoms with van der Waals surface area (Å²) in [5, 5.41) is 17.7. The van der Waals surface area contributed by atoms with Gasteiger partial charge < -0.3 is 9.84 Å². The molecule has 0 aromatic carbocycles. The van der Waals surface area contributed by atoms with E-state index in [1.165, 1.54) is 6.20 Å². The number of aromatic nitrogens is 2. The molecule has 2 aromatic heterocycles. The Balaban J connectivity index is 1.98. The third kappa shape index (κ3) is 2.93. The van der Waals surface area contributed by atoms with Crippen molar-refractivity contribution in [3.05, 3.63) is 45.0 Å². The molecule has 0 aliphatic heterocycles. The summed E-state index contributed by atoms with van der Waals surface area (Å²) in [6.45, 7) is 6.14. The Hall–Kier alpha value is -2.44. The SMILES string of the molecule is Cc1cc(NCCc2c(C)noc2C)ncc1[N+](=O)[O-]. The maximum Gasteiger partial charge on any atom is 0.290 e. The minimum Gasteiger partial charge on any atom is -0.370 e. The van der Waals surface area contributed by atoms with Gasteiger partial charge in [-0.15, -0.1) is 0 Å². The lowest BCUT2D eigenvalue weighted by molar-refractivity contribution is -0.385. The quantitative estimate of drug-likeness (QED) is 0.666. The summed E-state index contributed by atoms with van der Waals surface area (Å²) < 4.78 is 5.09. The van der Waals surface area contributed by atoms with Crippen molar-refractivity contribution in [3.63, 3.8) is 0 Å². The van der Waals surface area contributed by atoms with E-state index in [0.717, 1.165) is 23.4 Å². The normalized spacial score (nSPS) is 10.6. The first-order valence-corrected chi connectivity index (χ1v) is 6.25. The van der Waals surface area contributed by atoms with Crippen molar-refractivity contribution in [2.24, 2.45) is 0 Å². The van der Waals surface area contributed by atoms with E-state index in [1.54, 1.807) is 13.0 Å². The molecule has 0 spiro atoms. The maximum atomic E-state index is 10.7. The van der Waals surface area contributed by atoms with Gasteiger partial charge >= 0.3 is 0 Å². The topological polar surface area (TPSA) is 94.1 Å². The van der Waals surface area contributed by atoms with Gasteiger partial charge in [-0.05, 0) is 33.3 Å². The van der Waals surface area contributed by atoms with Crippen molar-refractivity contribution in [2.75, 3.05) is 11.9 Å². The number of anilines is 1. The van der Waals surface area contributed by atoms with Crippen LogP contribution < -0.4 is 5.32 Å². The van der Waals surface area contributed by atoms with Gasteiger partial charge in [0.1, 0.15) is 17.8 Å². The van der Waals surface area contributed by atoms with E-state index >= 15 is 0 Å². The molecule has 0 aliphatic rings. The van der Waals surface area contributed by atoms with Crippen LogP contribution in [0.5, 0.6) is 0 Å². The number of nitro groups is 1. The summed E-state index contributed by atoms with van der Waals surface area (Å²) in [5.74, 6) is 1.44. The van der Waals surface area contributed by atoms with E-state index in [-0.39, 0.29) is 5.69 Å². The second-order valence-corrected chi connectivity index (χ2v) is 4.59. The molecule has 7 nitrogen and oxygen atoms in total. The Bertz CT molecular complexity index is 617. The van der Waals surface area contributed by atoms with Crippen LogP contribution in [0.2, 0.25) is 0 Å². The summed E-state index contributed by atoms with van der Waals surface area (Å²) in [6, 6.07) is 1.67. The van der Waals surface area contributed by atoms with E-state index in [9.17, 15) is 10.1 Å². The van der Waals surface area contributed by atoms with Crippen molar-refractivity contribution in [1.29, 1.82) is 0 Å².